The van der Waals surface area contributed by atoms with Gasteiger partial charge in [0.05, 0.1) is 10.6 Å². The highest BCUT2D eigenvalue weighted by Crippen LogP contribution is 2.25. The molecule has 0 bridgehead atoms. The minimum Gasteiger partial charge on any atom is -0.325 e. The molecule has 0 aliphatic heterocycles. The number of thiol groups is 1. The third-order valence-corrected chi connectivity index (χ3v) is 4.69. The standard InChI is InChI=1S/C14H13ClN2O3S2/c1-9(18)16-13-7-6-12(8-14(13)21)22(19,20)17-11-4-2-10(15)3-5-11/h2-8,17,21H,1H3,(H,16,18). The quantitative estimate of drug-likeness (QED) is 0.735. The summed E-state index contributed by atoms with van der Waals surface area (Å²) in [5.74, 6) is -0.259. The summed E-state index contributed by atoms with van der Waals surface area (Å²) in [4.78, 5) is 11.4. The highest BCUT2D eigenvalue weighted by atomic mass is 35.5. The normalized spacial score (nSPS) is 11.0. The van der Waals surface area contributed by atoms with Gasteiger partial charge in [0, 0.05) is 22.5 Å². The first-order valence-electron chi connectivity index (χ1n) is 6.17. The summed E-state index contributed by atoms with van der Waals surface area (Å²) >= 11 is 9.95. The second-order valence-electron chi connectivity index (χ2n) is 4.47. The van der Waals surface area contributed by atoms with Crippen LogP contribution in [0.1, 0.15) is 6.92 Å². The van der Waals surface area contributed by atoms with Gasteiger partial charge in [-0.25, -0.2) is 8.42 Å². The summed E-state index contributed by atoms with van der Waals surface area (Å²) in [7, 11) is -3.75. The van der Waals surface area contributed by atoms with Crippen LogP contribution in [0.2, 0.25) is 5.02 Å². The lowest BCUT2D eigenvalue weighted by atomic mass is 10.3. The maximum Gasteiger partial charge on any atom is 0.261 e. The number of carbonyl (C=O) groups excluding carboxylic acids is 1. The smallest absolute Gasteiger partial charge is 0.261 e. The number of carbonyl (C=O) groups is 1. The van der Waals surface area contributed by atoms with Crippen LogP contribution in [0.15, 0.2) is 52.3 Å². The van der Waals surface area contributed by atoms with E-state index in [-0.39, 0.29) is 10.8 Å². The largest absolute Gasteiger partial charge is 0.325 e. The summed E-state index contributed by atoms with van der Waals surface area (Å²) in [5, 5.41) is 3.08. The summed E-state index contributed by atoms with van der Waals surface area (Å²) in [6.45, 7) is 1.36. The third kappa shape index (κ3) is 4.16. The zero-order valence-electron chi connectivity index (χ0n) is 11.5. The predicted molar refractivity (Wildman–Crippen MR) is 90.3 cm³/mol. The lowest BCUT2D eigenvalue weighted by Crippen LogP contribution is -2.13. The molecule has 1 amide bonds. The SMILES string of the molecule is CC(=O)Nc1ccc(S(=O)(=O)Nc2ccc(Cl)cc2)cc1S. The van der Waals surface area contributed by atoms with Crippen molar-refractivity contribution in [3.8, 4) is 0 Å². The summed E-state index contributed by atoms with van der Waals surface area (Å²) in [5.41, 5.74) is 0.845. The van der Waals surface area contributed by atoms with Crippen LogP contribution in [0.3, 0.4) is 0 Å². The number of benzene rings is 2. The maximum absolute atomic E-state index is 12.3. The molecule has 0 aliphatic carbocycles. The fraction of sp³-hybridized carbons (Fsp3) is 0.0714. The van der Waals surface area contributed by atoms with Crippen molar-refractivity contribution < 1.29 is 13.2 Å². The van der Waals surface area contributed by atoms with E-state index < -0.39 is 10.0 Å². The fourth-order valence-electron chi connectivity index (χ4n) is 1.71. The molecule has 0 atom stereocenters. The number of anilines is 2. The molecule has 2 N–H and O–H groups in total. The Morgan fingerprint density at radius 3 is 2.32 bits per heavy atom. The second kappa shape index (κ2) is 6.60. The van der Waals surface area contributed by atoms with Crippen molar-refractivity contribution in [2.24, 2.45) is 0 Å². The number of rotatable bonds is 4. The van der Waals surface area contributed by atoms with Crippen molar-refractivity contribution in [3.63, 3.8) is 0 Å². The Morgan fingerprint density at radius 1 is 1.14 bits per heavy atom. The molecule has 2 aromatic rings. The highest BCUT2D eigenvalue weighted by molar-refractivity contribution is 7.92. The van der Waals surface area contributed by atoms with Crippen LogP contribution < -0.4 is 10.0 Å². The van der Waals surface area contributed by atoms with Gasteiger partial charge in [0.1, 0.15) is 0 Å². The van der Waals surface area contributed by atoms with Gasteiger partial charge in [-0.05, 0) is 42.5 Å². The van der Waals surface area contributed by atoms with Crippen LogP contribution in [0.5, 0.6) is 0 Å². The van der Waals surface area contributed by atoms with E-state index in [9.17, 15) is 13.2 Å². The van der Waals surface area contributed by atoms with E-state index >= 15 is 0 Å². The van der Waals surface area contributed by atoms with Gasteiger partial charge in [0.25, 0.3) is 10.0 Å². The van der Waals surface area contributed by atoms with Crippen molar-refractivity contribution in [2.75, 3.05) is 10.0 Å². The highest BCUT2D eigenvalue weighted by Gasteiger charge is 2.16. The lowest BCUT2D eigenvalue weighted by Gasteiger charge is -2.11. The Bertz CT molecular complexity index is 805. The maximum atomic E-state index is 12.3. The zero-order chi connectivity index (χ0) is 16.3. The van der Waals surface area contributed by atoms with Crippen LogP contribution in [0.4, 0.5) is 11.4 Å². The lowest BCUT2D eigenvalue weighted by molar-refractivity contribution is -0.114. The topological polar surface area (TPSA) is 75.3 Å². The molecule has 0 fully saturated rings. The molecule has 8 heteroatoms. The van der Waals surface area contributed by atoms with E-state index in [1.54, 1.807) is 24.3 Å². The molecule has 5 nitrogen and oxygen atoms in total. The molecule has 0 heterocycles. The van der Waals surface area contributed by atoms with Crippen molar-refractivity contribution in [1.29, 1.82) is 0 Å². The van der Waals surface area contributed by atoms with E-state index in [4.69, 9.17) is 11.6 Å². The average molecular weight is 357 g/mol. The molecule has 0 spiro atoms. The number of sulfonamides is 1. The molecule has 0 aliphatic rings. The van der Waals surface area contributed by atoms with Gasteiger partial charge in [-0.15, -0.1) is 12.6 Å². The Morgan fingerprint density at radius 2 is 1.77 bits per heavy atom. The molecule has 2 aromatic carbocycles. The monoisotopic (exact) mass is 356 g/mol. The predicted octanol–water partition coefficient (Wildman–Crippen LogP) is 3.39. The average Bonchev–Trinajstić information content (AvgIpc) is 2.43. The zero-order valence-corrected chi connectivity index (χ0v) is 14.0. The van der Waals surface area contributed by atoms with Crippen molar-refractivity contribution >= 4 is 51.5 Å². The summed E-state index contributed by atoms with van der Waals surface area (Å²) in [6.07, 6.45) is 0. The van der Waals surface area contributed by atoms with Gasteiger partial charge >= 0.3 is 0 Å². The van der Waals surface area contributed by atoms with Gasteiger partial charge < -0.3 is 5.32 Å². The van der Waals surface area contributed by atoms with Crippen LogP contribution in [-0.4, -0.2) is 14.3 Å². The minimum atomic E-state index is -3.75. The first-order chi connectivity index (χ1) is 10.3. The Labute approximate surface area is 139 Å². The Balaban J connectivity index is 2.27. The van der Waals surface area contributed by atoms with E-state index in [0.29, 0.717) is 21.3 Å². The van der Waals surface area contributed by atoms with E-state index in [2.05, 4.69) is 22.7 Å². The number of amides is 1. The Hall–Kier alpha value is -1.70. The van der Waals surface area contributed by atoms with E-state index in [1.165, 1.54) is 25.1 Å². The molecule has 0 radical (unpaired) electrons. The van der Waals surface area contributed by atoms with Gasteiger partial charge in [-0.2, -0.15) is 0 Å². The summed E-state index contributed by atoms with van der Waals surface area (Å²) < 4.78 is 27.1. The van der Waals surface area contributed by atoms with Crippen LogP contribution in [0.25, 0.3) is 0 Å². The van der Waals surface area contributed by atoms with Gasteiger partial charge in [0.15, 0.2) is 0 Å². The molecule has 0 saturated carbocycles. The van der Waals surface area contributed by atoms with E-state index in [0.717, 1.165) is 0 Å². The van der Waals surface area contributed by atoms with Crippen LogP contribution in [-0.2, 0) is 14.8 Å². The second-order valence-corrected chi connectivity index (χ2v) is 7.07. The van der Waals surface area contributed by atoms with E-state index in [1.807, 2.05) is 0 Å². The fourth-order valence-corrected chi connectivity index (χ4v) is 3.27. The number of nitrogens with one attached hydrogen (secondary N) is 2. The summed E-state index contributed by atoms with van der Waals surface area (Å²) in [6, 6.07) is 10.5. The molecule has 0 aromatic heterocycles. The number of halogens is 1. The van der Waals surface area contributed by atoms with Gasteiger partial charge in [-0.1, -0.05) is 11.6 Å². The van der Waals surface area contributed by atoms with Crippen molar-refractivity contribution in [3.05, 3.63) is 47.5 Å². The molecular formula is C14H13ClN2O3S2. The first kappa shape index (κ1) is 16.7. The molecular weight excluding hydrogens is 344 g/mol. The first-order valence-corrected chi connectivity index (χ1v) is 8.48. The number of hydrogen-bond acceptors (Lipinski definition) is 4. The van der Waals surface area contributed by atoms with Gasteiger partial charge in [-0.3, -0.25) is 9.52 Å². The van der Waals surface area contributed by atoms with Crippen molar-refractivity contribution in [2.45, 2.75) is 16.7 Å². The van der Waals surface area contributed by atoms with Crippen LogP contribution in [0, 0.1) is 0 Å². The molecule has 22 heavy (non-hydrogen) atoms. The van der Waals surface area contributed by atoms with Crippen LogP contribution >= 0.6 is 24.2 Å². The molecule has 2 rings (SSSR count). The molecule has 116 valence electrons. The number of hydrogen-bond donors (Lipinski definition) is 3. The molecule has 0 saturated heterocycles. The molecule has 0 unspecified atom stereocenters. The third-order valence-electron chi connectivity index (χ3n) is 2.69. The Kier molecular flexibility index (Phi) is 5.00. The van der Waals surface area contributed by atoms with Crippen molar-refractivity contribution in [1.82, 2.24) is 0 Å². The van der Waals surface area contributed by atoms with Gasteiger partial charge in [0.2, 0.25) is 5.91 Å². The minimum absolute atomic E-state index is 0.0431.